The molecule has 1 atom stereocenters. The number of fused-ring (bicyclic) bond motifs is 1. The Labute approximate surface area is 202 Å². The number of aryl methyl sites for hydroxylation is 1. The van der Waals surface area contributed by atoms with Crippen LogP contribution in [0.4, 0.5) is 10.2 Å². The molecule has 1 aliphatic heterocycles. The highest BCUT2D eigenvalue weighted by molar-refractivity contribution is 7.89. The second kappa shape index (κ2) is 9.33. The number of aromatic nitrogens is 4. The molecule has 0 amide bonds. The van der Waals surface area contributed by atoms with E-state index in [2.05, 4.69) is 20.0 Å². The highest BCUT2D eigenvalue weighted by Crippen LogP contribution is 2.33. The van der Waals surface area contributed by atoms with Gasteiger partial charge in [-0.2, -0.15) is 5.10 Å². The fraction of sp³-hybridized carbons (Fsp3) is 0.292. The Hall–Kier alpha value is -3.41. The number of anilines is 1. The fourth-order valence-electron chi connectivity index (χ4n) is 4.35. The lowest BCUT2D eigenvalue weighted by molar-refractivity contribution is 0.354. The molecule has 2 aromatic heterocycles. The number of nitrogens with one attached hydrogen (secondary N) is 2. The minimum Gasteiger partial charge on any atom is -0.383 e. The second-order valence-electron chi connectivity index (χ2n) is 8.71. The first-order valence-corrected chi connectivity index (χ1v) is 12.9. The van der Waals surface area contributed by atoms with Gasteiger partial charge in [-0.25, -0.2) is 32.2 Å². The van der Waals surface area contributed by atoms with Crippen molar-refractivity contribution in [2.45, 2.75) is 37.2 Å². The summed E-state index contributed by atoms with van der Waals surface area (Å²) in [5.74, 6) is -0.425. The first-order chi connectivity index (χ1) is 16.8. The number of benzene rings is 2. The maximum Gasteiger partial charge on any atom is 0.243 e. The van der Waals surface area contributed by atoms with Crippen LogP contribution >= 0.6 is 0 Å². The van der Waals surface area contributed by atoms with E-state index in [-0.39, 0.29) is 17.5 Å². The van der Waals surface area contributed by atoms with Gasteiger partial charge in [0.2, 0.25) is 10.0 Å². The zero-order chi connectivity index (χ0) is 24.6. The van der Waals surface area contributed by atoms with Crippen LogP contribution in [0.3, 0.4) is 0 Å². The zero-order valence-corrected chi connectivity index (χ0v) is 20.0. The molecule has 11 heteroatoms. The summed E-state index contributed by atoms with van der Waals surface area (Å²) >= 11 is 0. The fourth-order valence-corrected chi connectivity index (χ4v) is 5.53. The molecule has 5 rings (SSSR count). The van der Waals surface area contributed by atoms with Gasteiger partial charge in [0.25, 0.3) is 0 Å². The van der Waals surface area contributed by atoms with Gasteiger partial charge in [-0.1, -0.05) is 30.3 Å². The molecular formula is C24H26FN7O2S. The SMILES string of the molecule is Cc1ccc(F)c(S(=O)(=O)NCc2ccc(-c3nn([C@@H]4CCCNC4)c4ncnc(N)c34)cc2)c1. The van der Waals surface area contributed by atoms with Crippen LogP contribution in [0.1, 0.15) is 30.0 Å². The van der Waals surface area contributed by atoms with Crippen molar-refractivity contribution in [3.8, 4) is 11.3 Å². The topological polar surface area (TPSA) is 128 Å². The van der Waals surface area contributed by atoms with Crippen molar-refractivity contribution in [3.05, 3.63) is 65.7 Å². The van der Waals surface area contributed by atoms with Crippen molar-refractivity contribution >= 4 is 26.9 Å². The number of hydrogen-bond donors (Lipinski definition) is 3. The Morgan fingerprint density at radius 2 is 2.00 bits per heavy atom. The zero-order valence-electron chi connectivity index (χ0n) is 19.2. The maximum atomic E-state index is 14.1. The Morgan fingerprint density at radius 1 is 1.20 bits per heavy atom. The van der Waals surface area contributed by atoms with Crippen LogP contribution in [0.15, 0.2) is 53.7 Å². The van der Waals surface area contributed by atoms with Crippen molar-refractivity contribution in [2.75, 3.05) is 18.8 Å². The predicted octanol–water partition coefficient (Wildman–Crippen LogP) is 2.93. The van der Waals surface area contributed by atoms with Crippen LogP contribution in [0.5, 0.6) is 0 Å². The quantitative estimate of drug-likeness (QED) is 0.375. The second-order valence-corrected chi connectivity index (χ2v) is 10.4. The summed E-state index contributed by atoms with van der Waals surface area (Å²) in [6.07, 6.45) is 3.49. The van der Waals surface area contributed by atoms with Crippen molar-refractivity contribution in [1.82, 2.24) is 29.8 Å². The number of nitrogens with two attached hydrogens (primary N) is 1. The summed E-state index contributed by atoms with van der Waals surface area (Å²) in [6, 6.07) is 11.5. The van der Waals surface area contributed by atoms with Crippen molar-refractivity contribution in [3.63, 3.8) is 0 Å². The summed E-state index contributed by atoms with van der Waals surface area (Å²) in [5.41, 5.74) is 9.78. The molecule has 182 valence electrons. The van der Waals surface area contributed by atoms with Crippen molar-refractivity contribution in [1.29, 1.82) is 0 Å². The summed E-state index contributed by atoms with van der Waals surface area (Å²) < 4.78 is 43.7. The lowest BCUT2D eigenvalue weighted by Gasteiger charge is -2.23. The Balaban J connectivity index is 1.41. The first-order valence-electron chi connectivity index (χ1n) is 11.4. The van der Waals surface area contributed by atoms with E-state index >= 15 is 0 Å². The van der Waals surface area contributed by atoms with Gasteiger partial charge in [0, 0.05) is 18.7 Å². The average molecular weight is 496 g/mol. The van der Waals surface area contributed by atoms with Gasteiger partial charge in [0.1, 0.15) is 28.6 Å². The Kier molecular flexibility index (Phi) is 6.22. The Bertz CT molecular complexity index is 1480. The molecule has 2 aromatic carbocycles. The normalized spacial score (nSPS) is 16.6. The van der Waals surface area contributed by atoms with E-state index in [0.29, 0.717) is 28.1 Å². The van der Waals surface area contributed by atoms with Gasteiger partial charge in [-0.05, 0) is 49.6 Å². The van der Waals surface area contributed by atoms with Crippen LogP contribution in [0, 0.1) is 12.7 Å². The molecule has 4 N–H and O–H groups in total. The number of piperidine rings is 1. The third-order valence-electron chi connectivity index (χ3n) is 6.20. The largest absolute Gasteiger partial charge is 0.383 e. The van der Waals surface area contributed by atoms with Gasteiger partial charge in [0.05, 0.1) is 11.4 Å². The molecule has 3 heterocycles. The molecular weight excluding hydrogens is 469 g/mol. The third-order valence-corrected chi connectivity index (χ3v) is 7.62. The van der Waals surface area contributed by atoms with E-state index in [1.807, 2.05) is 16.8 Å². The molecule has 4 aromatic rings. The van der Waals surface area contributed by atoms with Crippen LogP contribution in [0.2, 0.25) is 0 Å². The molecule has 1 saturated heterocycles. The molecule has 35 heavy (non-hydrogen) atoms. The summed E-state index contributed by atoms with van der Waals surface area (Å²) in [4.78, 5) is 8.25. The van der Waals surface area contributed by atoms with E-state index in [0.717, 1.165) is 43.1 Å². The van der Waals surface area contributed by atoms with Gasteiger partial charge in [-0.3, -0.25) is 0 Å². The minimum atomic E-state index is -4.00. The van der Waals surface area contributed by atoms with Gasteiger partial charge < -0.3 is 11.1 Å². The molecule has 0 saturated carbocycles. The van der Waals surface area contributed by atoms with Crippen LogP contribution in [-0.2, 0) is 16.6 Å². The number of halogens is 1. The van der Waals surface area contributed by atoms with E-state index in [1.54, 1.807) is 19.1 Å². The number of sulfonamides is 1. The van der Waals surface area contributed by atoms with E-state index in [4.69, 9.17) is 10.8 Å². The Morgan fingerprint density at radius 3 is 2.74 bits per heavy atom. The minimum absolute atomic E-state index is 0.0180. The van der Waals surface area contributed by atoms with Gasteiger partial charge in [0.15, 0.2) is 5.65 Å². The molecule has 9 nitrogen and oxygen atoms in total. The van der Waals surface area contributed by atoms with Gasteiger partial charge >= 0.3 is 0 Å². The van der Waals surface area contributed by atoms with Crippen LogP contribution < -0.4 is 15.8 Å². The standard InChI is InChI=1S/C24H26FN7O2S/c1-15-4-9-19(25)20(11-15)35(33,34)30-12-16-5-7-17(8-6-16)22-21-23(26)28-14-29-24(21)32(31-22)18-3-2-10-27-13-18/h4-9,11,14,18,27,30H,2-3,10,12-13H2,1H3,(H2,26,28,29)/t18-/m1/s1. The van der Waals surface area contributed by atoms with E-state index in [9.17, 15) is 12.8 Å². The lowest BCUT2D eigenvalue weighted by Crippen LogP contribution is -2.32. The molecule has 0 radical (unpaired) electrons. The number of hydrogen-bond acceptors (Lipinski definition) is 7. The van der Waals surface area contributed by atoms with Crippen LogP contribution in [-0.4, -0.2) is 41.3 Å². The highest BCUT2D eigenvalue weighted by atomic mass is 32.2. The third kappa shape index (κ3) is 4.62. The highest BCUT2D eigenvalue weighted by Gasteiger charge is 2.24. The van der Waals surface area contributed by atoms with Crippen molar-refractivity contribution < 1.29 is 12.8 Å². The first kappa shape index (κ1) is 23.3. The molecule has 0 aliphatic carbocycles. The summed E-state index contributed by atoms with van der Waals surface area (Å²) in [7, 11) is -4.00. The van der Waals surface area contributed by atoms with E-state index < -0.39 is 15.8 Å². The van der Waals surface area contributed by atoms with Crippen LogP contribution in [0.25, 0.3) is 22.3 Å². The van der Waals surface area contributed by atoms with E-state index in [1.165, 1.54) is 18.5 Å². The molecule has 0 spiro atoms. The summed E-state index contributed by atoms with van der Waals surface area (Å²) in [5, 5.41) is 8.95. The smallest absolute Gasteiger partial charge is 0.243 e. The molecule has 0 bridgehead atoms. The maximum absolute atomic E-state index is 14.1. The molecule has 0 unspecified atom stereocenters. The number of nitrogen functional groups attached to an aromatic ring is 1. The average Bonchev–Trinajstić information content (AvgIpc) is 3.26. The predicted molar refractivity (Wildman–Crippen MR) is 131 cm³/mol. The van der Waals surface area contributed by atoms with Gasteiger partial charge in [-0.15, -0.1) is 0 Å². The molecule has 1 fully saturated rings. The summed E-state index contributed by atoms with van der Waals surface area (Å²) in [6.45, 7) is 3.52. The molecule has 1 aliphatic rings. The van der Waals surface area contributed by atoms with Crippen molar-refractivity contribution in [2.24, 2.45) is 0 Å². The number of rotatable bonds is 6. The monoisotopic (exact) mass is 495 g/mol. The number of nitrogens with zero attached hydrogens (tertiary/aromatic N) is 4. The lowest BCUT2D eigenvalue weighted by atomic mass is 10.1.